The van der Waals surface area contributed by atoms with Gasteiger partial charge in [-0.15, -0.1) is 0 Å². The average molecular weight is 228 g/mol. The molecular formula is C9H16N4O3. The Kier molecular flexibility index (Phi) is 3.48. The Balaban J connectivity index is 2.71. The molecule has 0 spiro atoms. The molecule has 0 aromatic rings. The smallest absolute Gasteiger partial charge is 0.237 e. The van der Waals surface area contributed by atoms with E-state index < -0.39 is 17.2 Å². The first-order chi connectivity index (χ1) is 7.41. The van der Waals surface area contributed by atoms with Crippen molar-refractivity contribution in [3.63, 3.8) is 0 Å². The maximum absolute atomic E-state index is 12.0. The fourth-order valence-electron chi connectivity index (χ4n) is 1.57. The van der Waals surface area contributed by atoms with Gasteiger partial charge in [-0.3, -0.25) is 14.4 Å². The predicted octanol–water partition coefficient (Wildman–Crippen LogP) is -2.48. The van der Waals surface area contributed by atoms with E-state index in [2.05, 4.69) is 0 Å². The largest absolute Gasteiger partial charge is 0.368 e. The SMILES string of the molecule is NCC1(C(=O)N(CC(N)=O)CC(N)=O)CC1. The Morgan fingerprint density at radius 1 is 1.06 bits per heavy atom. The fourth-order valence-corrected chi connectivity index (χ4v) is 1.57. The zero-order chi connectivity index (χ0) is 12.3. The highest BCUT2D eigenvalue weighted by Gasteiger charge is 2.50. The Bertz CT molecular complexity index is 309. The number of hydrogen-bond donors (Lipinski definition) is 3. The number of primary amides is 2. The molecule has 7 heteroatoms. The van der Waals surface area contributed by atoms with Crippen LogP contribution in [0.15, 0.2) is 0 Å². The van der Waals surface area contributed by atoms with Gasteiger partial charge in [-0.05, 0) is 12.8 Å². The van der Waals surface area contributed by atoms with Crippen molar-refractivity contribution in [3.05, 3.63) is 0 Å². The molecule has 1 fully saturated rings. The minimum atomic E-state index is -0.678. The summed E-state index contributed by atoms with van der Waals surface area (Å²) in [7, 11) is 0. The number of nitrogens with zero attached hydrogens (tertiary/aromatic N) is 1. The van der Waals surface area contributed by atoms with Crippen molar-refractivity contribution in [2.75, 3.05) is 19.6 Å². The highest BCUT2D eigenvalue weighted by Crippen LogP contribution is 2.46. The van der Waals surface area contributed by atoms with Gasteiger partial charge >= 0.3 is 0 Å². The van der Waals surface area contributed by atoms with Gasteiger partial charge in [0.25, 0.3) is 0 Å². The molecule has 3 amide bonds. The molecule has 6 N–H and O–H groups in total. The molecule has 1 rings (SSSR count). The Labute approximate surface area is 92.9 Å². The summed E-state index contributed by atoms with van der Waals surface area (Å²) in [6.45, 7) is -0.396. The predicted molar refractivity (Wildman–Crippen MR) is 55.7 cm³/mol. The van der Waals surface area contributed by atoms with Gasteiger partial charge in [0.1, 0.15) is 0 Å². The number of carbonyl (C=O) groups excluding carboxylic acids is 3. The minimum absolute atomic E-state index is 0.208. The van der Waals surface area contributed by atoms with Gasteiger partial charge in [0, 0.05) is 6.54 Å². The summed E-state index contributed by atoms with van der Waals surface area (Å²) < 4.78 is 0. The molecule has 1 saturated carbocycles. The van der Waals surface area contributed by atoms with Gasteiger partial charge < -0.3 is 22.1 Å². The van der Waals surface area contributed by atoms with Crippen molar-refractivity contribution in [1.29, 1.82) is 0 Å². The first-order valence-electron chi connectivity index (χ1n) is 4.97. The second-order valence-corrected chi connectivity index (χ2v) is 4.08. The van der Waals surface area contributed by atoms with Gasteiger partial charge in [0.15, 0.2) is 0 Å². The fraction of sp³-hybridized carbons (Fsp3) is 0.667. The van der Waals surface area contributed by atoms with E-state index in [4.69, 9.17) is 17.2 Å². The van der Waals surface area contributed by atoms with Crippen LogP contribution in [0.4, 0.5) is 0 Å². The van der Waals surface area contributed by atoms with Crippen LogP contribution < -0.4 is 17.2 Å². The van der Waals surface area contributed by atoms with Crippen LogP contribution in [-0.2, 0) is 14.4 Å². The van der Waals surface area contributed by atoms with E-state index >= 15 is 0 Å². The van der Waals surface area contributed by atoms with Crippen molar-refractivity contribution >= 4 is 17.7 Å². The Morgan fingerprint density at radius 3 is 1.75 bits per heavy atom. The van der Waals surface area contributed by atoms with Gasteiger partial charge in [-0.25, -0.2) is 0 Å². The van der Waals surface area contributed by atoms with Crippen molar-refractivity contribution < 1.29 is 14.4 Å². The summed E-state index contributed by atoms with van der Waals surface area (Å²) in [5.74, 6) is -1.67. The van der Waals surface area contributed by atoms with E-state index in [9.17, 15) is 14.4 Å². The summed E-state index contributed by atoms with van der Waals surface area (Å²) in [6.07, 6.45) is 1.35. The highest BCUT2D eigenvalue weighted by molar-refractivity contribution is 5.92. The number of hydrogen-bond acceptors (Lipinski definition) is 4. The summed E-state index contributed by atoms with van der Waals surface area (Å²) in [5.41, 5.74) is 14.9. The molecule has 0 saturated heterocycles. The lowest BCUT2D eigenvalue weighted by atomic mass is 10.1. The topological polar surface area (TPSA) is 133 Å². The quantitative estimate of drug-likeness (QED) is 0.464. The standard InChI is InChI=1S/C9H16N4O3/c10-5-9(1-2-9)8(16)13(3-6(11)14)4-7(12)15/h1-5,10H2,(H2,11,14)(H2,12,15). The number of amides is 3. The lowest BCUT2D eigenvalue weighted by molar-refractivity contribution is -0.142. The van der Waals surface area contributed by atoms with E-state index in [1.165, 1.54) is 0 Å². The van der Waals surface area contributed by atoms with Gasteiger partial charge in [0.05, 0.1) is 18.5 Å². The van der Waals surface area contributed by atoms with Crippen LogP contribution >= 0.6 is 0 Å². The second-order valence-electron chi connectivity index (χ2n) is 4.08. The maximum atomic E-state index is 12.0. The zero-order valence-corrected chi connectivity index (χ0v) is 8.94. The molecule has 0 unspecified atom stereocenters. The average Bonchev–Trinajstić information content (AvgIpc) is 2.94. The number of nitrogens with two attached hydrogens (primary N) is 3. The maximum Gasteiger partial charge on any atom is 0.237 e. The molecule has 0 bridgehead atoms. The van der Waals surface area contributed by atoms with Crippen molar-refractivity contribution in [2.45, 2.75) is 12.8 Å². The van der Waals surface area contributed by atoms with Gasteiger partial charge in [0.2, 0.25) is 17.7 Å². The Hall–Kier alpha value is -1.63. The van der Waals surface area contributed by atoms with Crippen LogP contribution in [0, 0.1) is 5.41 Å². The molecule has 90 valence electrons. The van der Waals surface area contributed by atoms with E-state index in [-0.39, 0.29) is 25.5 Å². The molecule has 1 aliphatic rings. The van der Waals surface area contributed by atoms with Crippen LogP contribution in [0.3, 0.4) is 0 Å². The minimum Gasteiger partial charge on any atom is -0.368 e. The molecule has 1 aliphatic carbocycles. The van der Waals surface area contributed by atoms with Crippen LogP contribution in [-0.4, -0.2) is 42.3 Å². The van der Waals surface area contributed by atoms with Crippen LogP contribution in [0.5, 0.6) is 0 Å². The molecule has 0 heterocycles. The molecule has 7 nitrogen and oxygen atoms in total. The highest BCUT2D eigenvalue weighted by atomic mass is 16.2. The van der Waals surface area contributed by atoms with Gasteiger partial charge in [-0.1, -0.05) is 0 Å². The Morgan fingerprint density at radius 2 is 1.50 bits per heavy atom. The summed E-state index contributed by atoms with van der Waals surface area (Å²) >= 11 is 0. The molecule has 0 aliphatic heterocycles. The van der Waals surface area contributed by atoms with E-state index in [1.54, 1.807) is 0 Å². The monoisotopic (exact) mass is 228 g/mol. The van der Waals surface area contributed by atoms with Crippen LogP contribution in [0.2, 0.25) is 0 Å². The second kappa shape index (κ2) is 4.48. The molecule has 0 aromatic heterocycles. The van der Waals surface area contributed by atoms with Crippen molar-refractivity contribution in [2.24, 2.45) is 22.6 Å². The van der Waals surface area contributed by atoms with Crippen molar-refractivity contribution in [3.8, 4) is 0 Å². The van der Waals surface area contributed by atoms with E-state index in [0.717, 1.165) is 4.90 Å². The lowest BCUT2D eigenvalue weighted by Gasteiger charge is -2.24. The van der Waals surface area contributed by atoms with E-state index in [0.29, 0.717) is 12.8 Å². The first kappa shape index (κ1) is 12.4. The zero-order valence-electron chi connectivity index (χ0n) is 8.94. The summed E-state index contributed by atoms with van der Waals surface area (Å²) in [4.78, 5) is 34.6. The third-order valence-electron chi connectivity index (χ3n) is 2.68. The molecule has 0 atom stereocenters. The summed E-state index contributed by atoms with van der Waals surface area (Å²) in [6, 6.07) is 0. The van der Waals surface area contributed by atoms with Crippen LogP contribution in [0.25, 0.3) is 0 Å². The van der Waals surface area contributed by atoms with Gasteiger partial charge in [-0.2, -0.15) is 0 Å². The third-order valence-corrected chi connectivity index (χ3v) is 2.68. The van der Waals surface area contributed by atoms with Crippen molar-refractivity contribution in [1.82, 2.24) is 4.90 Å². The van der Waals surface area contributed by atoms with E-state index in [1.807, 2.05) is 0 Å². The number of rotatable bonds is 6. The molecule has 16 heavy (non-hydrogen) atoms. The molecule has 0 radical (unpaired) electrons. The lowest BCUT2D eigenvalue weighted by Crippen LogP contribution is -2.48. The van der Waals surface area contributed by atoms with Crippen LogP contribution in [0.1, 0.15) is 12.8 Å². The third kappa shape index (κ3) is 2.69. The first-order valence-corrected chi connectivity index (χ1v) is 4.97. The summed E-state index contributed by atoms with van der Waals surface area (Å²) in [5, 5.41) is 0. The normalized spacial score (nSPS) is 16.6. The molecule has 0 aromatic carbocycles. The number of carbonyl (C=O) groups is 3. The molecular weight excluding hydrogens is 212 g/mol.